The van der Waals surface area contributed by atoms with Crippen LogP contribution >= 0.6 is 7.37 Å². The molecule has 4 aromatic rings. The molecule has 4 aromatic carbocycles. The van der Waals surface area contributed by atoms with E-state index < -0.39 is 43.2 Å². The van der Waals surface area contributed by atoms with Gasteiger partial charge in [0, 0.05) is 12.6 Å². The third kappa shape index (κ3) is 8.98. The summed E-state index contributed by atoms with van der Waals surface area (Å²) in [6.07, 6.45) is -1.97. The topological polar surface area (TPSA) is 110 Å². The first-order valence-electron chi connectivity index (χ1n) is 13.8. The zero-order chi connectivity index (χ0) is 29.8. The molecule has 0 heterocycles. The second kappa shape index (κ2) is 15.3. The molecule has 0 aliphatic carbocycles. The summed E-state index contributed by atoms with van der Waals surface area (Å²) in [6, 6.07) is 35.6. The van der Waals surface area contributed by atoms with Crippen LogP contribution in [0, 0.1) is 5.92 Å². The highest BCUT2D eigenvalue weighted by atomic mass is 31.2. The van der Waals surface area contributed by atoms with Gasteiger partial charge in [-0.15, -0.1) is 0 Å². The summed E-state index contributed by atoms with van der Waals surface area (Å²) in [6.45, 7) is 0.0692. The number of carbonyl (C=O) groups excluding carboxylic acids is 2. The molecule has 4 atom stereocenters. The van der Waals surface area contributed by atoms with Crippen LogP contribution in [-0.4, -0.2) is 28.1 Å². The first-order valence-corrected chi connectivity index (χ1v) is 15.7. The first kappa shape index (κ1) is 30.9. The number of benzene rings is 4. The van der Waals surface area contributed by atoms with Gasteiger partial charge in [0.05, 0.1) is 17.7 Å². The number of aliphatic hydroxyl groups is 1. The Kier molecular flexibility index (Phi) is 11.2. The zero-order valence-corrected chi connectivity index (χ0v) is 24.1. The molecular weight excluding hydrogens is 551 g/mol. The summed E-state index contributed by atoms with van der Waals surface area (Å²) in [5, 5.41) is 11.3. The number of ether oxygens (including phenoxy) is 2. The second-order valence-electron chi connectivity index (χ2n) is 10.1. The van der Waals surface area contributed by atoms with Crippen LogP contribution in [0.3, 0.4) is 0 Å². The third-order valence-electron chi connectivity index (χ3n) is 6.99. The molecule has 42 heavy (non-hydrogen) atoms. The molecule has 0 aliphatic heterocycles. The fourth-order valence-corrected chi connectivity index (χ4v) is 7.22. The van der Waals surface area contributed by atoms with Crippen LogP contribution in [0.2, 0.25) is 0 Å². The maximum absolute atomic E-state index is 14.1. The Labute approximate surface area is 246 Å². The second-order valence-corrected chi connectivity index (χ2v) is 12.6. The molecule has 0 radical (unpaired) electrons. The van der Waals surface area contributed by atoms with Crippen molar-refractivity contribution in [2.24, 2.45) is 5.92 Å². The Bertz CT molecular complexity index is 1450. The van der Waals surface area contributed by atoms with Gasteiger partial charge in [-0.1, -0.05) is 121 Å². The van der Waals surface area contributed by atoms with E-state index in [-0.39, 0.29) is 26.1 Å². The van der Waals surface area contributed by atoms with E-state index in [0.29, 0.717) is 11.1 Å². The molecule has 0 bridgehead atoms. The van der Waals surface area contributed by atoms with Gasteiger partial charge < -0.3 is 19.5 Å². The average molecular weight is 587 g/mol. The van der Waals surface area contributed by atoms with Crippen molar-refractivity contribution in [3.63, 3.8) is 0 Å². The Morgan fingerprint density at radius 3 is 1.64 bits per heavy atom. The lowest BCUT2D eigenvalue weighted by Crippen LogP contribution is -2.25. The number of hydrogen-bond donors (Lipinski definition) is 2. The van der Waals surface area contributed by atoms with Crippen LogP contribution in [0.1, 0.15) is 46.9 Å². The maximum atomic E-state index is 14.1. The summed E-state index contributed by atoms with van der Waals surface area (Å²) in [4.78, 5) is 37.5. The SMILES string of the molecule is O=C(CCC(CP(=O)(O)C(c1ccccc1)C(O)c1ccccc1)C(=O)OCc1ccccc1)OCc1ccccc1. The summed E-state index contributed by atoms with van der Waals surface area (Å²) >= 11 is 0. The smallest absolute Gasteiger partial charge is 0.309 e. The minimum Gasteiger partial charge on any atom is -0.461 e. The Morgan fingerprint density at radius 1 is 0.667 bits per heavy atom. The Hall–Kier alpha value is -4.03. The molecule has 2 N–H and O–H groups in total. The van der Waals surface area contributed by atoms with E-state index in [2.05, 4.69) is 0 Å². The highest BCUT2D eigenvalue weighted by Gasteiger charge is 2.42. The van der Waals surface area contributed by atoms with E-state index in [9.17, 15) is 24.2 Å². The minimum atomic E-state index is -4.28. The monoisotopic (exact) mass is 586 g/mol. The van der Waals surface area contributed by atoms with E-state index in [1.165, 1.54) is 0 Å². The van der Waals surface area contributed by atoms with Crippen LogP contribution in [0.4, 0.5) is 0 Å². The van der Waals surface area contributed by atoms with Crippen LogP contribution in [0.5, 0.6) is 0 Å². The van der Waals surface area contributed by atoms with Gasteiger partial charge >= 0.3 is 11.9 Å². The van der Waals surface area contributed by atoms with E-state index in [1.807, 2.05) is 60.7 Å². The molecule has 0 spiro atoms. The predicted molar refractivity (Wildman–Crippen MR) is 160 cm³/mol. The molecule has 0 amide bonds. The summed E-state index contributed by atoms with van der Waals surface area (Å²) in [5.74, 6) is -2.30. The van der Waals surface area contributed by atoms with Crippen molar-refractivity contribution in [3.05, 3.63) is 144 Å². The molecule has 0 fully saturated rings. The quantitative estimate of drug-likeness (QED) is 0.126. The molecule has 4 rings (SSSR count). The number of carbonyl (C=O) groups is 2. The summed E-state index contributed by atoms with van der Waals surface area (Å²) < 4.78 is 25.1. The van der Waals surface area contributed by atoms with Gasteiger partial charge in [-0.05, 0) is 28.7 Å². The van der Waals surface area contributed by atoms with Gasteiger partial charge in [-0.2, -0.15) is 0 Å². The van der Waals surface area contributed by atoms with Crippen molar-refractivity contribution in [2.75, 3.05) is 6.16 Å². The minimum absolute atomic E-state index is 0.0148. The van der Waals surface area contributed by atoms with E-state index >= 15 is 0 Å². The summed E-state index contributed by atoms with van der Waals surface area (Å²) in [5.41, 5.74) is 1.34. The fraction of sp³-hybridized carbons (Fsp3) is 0.235. The van der Waals surface area contributed by atoms with Crippen molar-refractivity contribution in [3.8, 4) is 0 Å². The van der Waals surface area contributed by atoms with Gasteiger partial charge in [0.2, 0.25) is 7.37 Å². The number of rotatable bonds is 14. The van der Waals surface area contributed by atoms with E-state index in [4.69, 9.17) is 9.47 Å². The molecule has 218 valence electrons. The van der Waals surface area contributed by atoms with E-state index in [1.54, 1.807) is 60.7 Å². The molecule has 4 unspecified atom stereocenters. The van der Waals surface area contributed by atoms with Crippen LogP contribution in [0.15, 0.2) is 121 Å². The van der Waals surface area contributed by atoms with Gasteiger partial charge in [0.15, 0.2) is 0 Å². The number of hydrogen-bond acceptors (Lipinski definition) is 6. The highest BCUT2D eigenvalue weighted by Crippen LogP contribution is 2.61. The molecule has 7 nitrogen and oxygen atoms in total. The van der Waals surface area contributed by atoms with Crippen LogP contribution in [-0.2, 0) is 36.8 Å². The van der Waals surface area contributed by atoms with Crippen molar-refractivity contribution in [2.45, 2.75) is 37.8 Å². The normalized spacial score (nSPS) is 14.6. The predicted octanol–water partition coefficient (Wildman–Crippen LogP) is 6.61. The molecule has 0 saturated carbocycles. The lowest BCUT2D eigenvalue weighted by atomic mass is 10.0. The zero-order valence-electron chi connectivity index (χ0n) is 23.2. The van der Waals surface area contributed by atoms with Gasteiger partial charge in [0.1, 0.15) is 13.2 Å². The largest absolute Gasteiger partial charge is 0.461 e. The van der Waals surface area contributed by atoms with Crippen molar-refractivity contribution < 1.29 is 33.6 Å². The molecule has 0 aliphatic rings. The molecule has 0 saturated heterocycles. The average Bonchev–Trinajstić information content (AvgIpc) is 3.02. The third-order valence-corrected chi connectivity index (χ3v) is 9.41. The van der Waals surface area contributed by atoms with Crippen molar-refractivity contribution in [1.29, 1.82) is 0 Å². The van der Waals surface area contributed by atoms with Crippen LogP contribution < -0.4 is 0 Å². The Balaban J connectivity index is 1.53. The van der Waals surface area contributed by atoms with Gasteiger partial charge in [-0.3, -0.25) is 14.2 Å². The number of esters is 2. The first-order chi connectivity index (χ1) is 20.3. The fourth-order valence-electron chi connectivity index (χ4n) is 4.78. The highest BCUT2D eigenvalue weighted by molar-refractivity contribution is 7.58. The van der Waals surface area contributed by atoms with E-state index in [0.717, 1.165) is 11.1 Å². The molecule has 0 aromatic heterocycles. The summed E-state index contributed by atoms with van der Waals surface area (Å²) in [7, 11) is -4.28. The lowest BCUT2D eigenvalue weighted by molar-refractivity contribution is -0.150. The number of aliphatic hydroxyl groups excluding tert-OH is 1. The molecular formula is C34H35O7P. The van der Waals surface area contributed by atoms with Gasteiger partial charge in [-0.25, -0.2) is 0 Å². The van der Waals surface area contributed by atoms with Gasteiger partial charge in [0.25, 0.3) is 0 Å². The van der Waals surface area contributed by atoms with Crippen molar-refractivity contribution in [1.82, 2.24) is 0 Å². The Morgan fingerprint density at radius 2 is 1.12 bits per heavy atom. The van der Waals surface area contributed by atoms with Crippen LogP contribution in [0.25, 0.3) is 0 Å². The lowest BCUT2D eigenvalue weighted by Gasteiger charge is -2.30. The maximum Gasteiger partial charge on any atom is 0.309 e. The van der Waals surface area contributed by atoms with Crippen molar-refractivity contribution >= 4 is 19.3 Å². The standard InChI is InChI=1S/C34H35O7P/c35-31(40-23-26-13-5-1-6-14-26)22-21-30(34(37)41-24-27-15-7-2-8-16-27)25-42(38,39)33(29-19-11-4-12-20-29)32(36)28-17-9-3-10-18-28/h1-20,30,32-33,36H,21-25H2,(H,38,39). The molecule has 8 heteroatoms.